The quantitative estimate of drug-likeness (QED) is 0.587. The zero-order valence-electron chi connectivity index (χ0n) is 12.1. The Morgan fingerprint density at radius 2 is 1.81 bits per heavy atom. The topological polar surface area (TPSA) is 80.0 Å². The van der Waals surface area contributed by atoms with Gasteiger partial charge in [0.15, 0.2) is 0 Å². The number of nitrogens with two attached hydrogens (primary N) is 1. The van der Waals surface area contributed by atoms with Crippen LogP contribution in [0.5, 0.6) is 0 Å². The Labute approximate surface area is 124 Å². The zero-order chi connectivity index (χ0) is 14.4. The van der Waals surface area contributed by atoms with Crippen LogP contribution in [-0.2, 0) is 0 Å². The van der Waals surface area contributed by atoms with Gasteiger partial charge in [-0.15, -0.1) is 0 Å². The van der Waals surface area contributed by atoms with Crippen molar-refractivity contribution in [2.45, 2.75) is 44.1 Å². The summed E-state index contributed by atoms with van der Waals surface area (Å²) < 4.78 is 0. The summed E-state index contributed by atoms with van der Waals surface area (Å²) in [5.74, 6) is 7.90. The first-order valence-electron chi connectivity index (χ1n) is 7.90. The molecule has 5 nitrogen and oxygen atoms in total. The van der Waals surface area contributed by atoms with E-state index in [0.29, 0.717) is 11.3 Å². The SMILES string of the molecule is NNc1ccncc1C(=O)NC12CC3CC(CC(C3)C1)C2. The Hall–Kier alpha value is -1.62. The Morgan fingerprint density at radius 1 is 1.19 bits per heavy atom. The van der Waals surface area contributed by atoms with E-state index >= 15 is 0 Å². The molecule has 5 rings (SSSR count). The van der Waals surface area contributed by atoms with Gasteiger partial charge in [0.05, 0.1) is 11.3 Å². The number of hydrogen-bond acceptors (Lipinski definition) is 4. The van der Waals surface area contributed by atoms with Crippen LogP contribution in [-0.4, -0.2) is 16.4 Å². The number of rotatable bonds is 3. The summed E-state index contributed by atoms with van der Waals surface area (Å²) in [7, 11) is 0. The Balaban J connectivity index is 1.57. The van der Waals surface area contributed by atoms with Gasteiger partial charge in [0.25, 0.3) is 5.91 Å². The van der Waals surface area contributed by atoms with E-state index < -0.39 is 0 Å². The Kier molecular flexibility index (Phi) is 2.92. The summed E-state index contributed by atoms with van der Waals surface area (Å²) in [6.45, 7) is 0. The first-order valence-corrected chi connectivity index (χ1v) is 7.90. The van der Waals surface area contributed by atoms with E-state index in [9.17, 15) is 4.79 Å². The molecule has 4 bridgehead atoms. The maximum atomic E-state index is 12.7. The number of hydrazine groups is 1. The lowest BCUT2D eigenvalue weighted by molar-refractivity contribution is -0.0166. The minimum Gasteiger partial charge on any atom is -0.346 e. The summed E-state index contributed by atoms with van der Waals surface area (Å²) in [6, 6.07) is 1.73. The molecule has 0 spiro atoms. The van der Waals surface area contributed by atoms with E-state index in [1.54, 1.807) is 18.5 Å². The Bertz CT molecular complexity index is 536. The molecule has 1 aromatic rings. The number of nitrogens with zero attached hydrogens (tertiary/aromatic N) is 1. The van der Waals surface area contributed by atoms with Gasteiger partial charge < -0.3 is 10.7 Å². The van der Waals surface area contributed by atoms with Crippen LogP contribution in [0.1, 0.15) is 48.9 Å². The van der Waals surface area contributed by atoms with Crippen LogP contribution in [0, 0.1) is 17.8 Å². The van der Waals surface area contributed by atoms with E-state index in [1.807, 2.05) is 0 Å². The van der Waals surface area contributed by atoms with Gasteiger partial charge in [-0.1, -0.05) is 0 Å². The highest BCUT2D eigenvalue weighted by molar-refractivity contribution is 5.99. The smallest absolute Gasteiger partial charge is 0.255 e. The molecule has 0 aromatic carbocycles. The molecule has 1 amide bonds. The highest BCUT2D eigenvalue weighted by Crippen LogP contribution is 2.55. The minimum atomic E-state index is -0.0435. The molecule has 4 fully saturated rings. The van der Waals surface area contributed by atoms with Gasteiger partial charge in [-0.25, -0.2) is 0 Å². The van der Waals surface area contributed by atoms with E-state index in [2.05, 4.69) is 15.7 Å². The molecule has 0 unspecified atom stereocenters. The molecular formula is C16H22N4O. The van der Waals surface area contributed by atoms with E-state index in [4.69, 9.17) is 5.84 Å². The standard InChI is InChI=1S/C16H22N4O/c17-20-14-1-2-18-9-13(14)15(21)19-16-6-10-3-11(7-16)5-12(4-10)8-16/h1-2,9-12H,3-8,17H2,(H,18,20)(H,19,21). The molecular weight excluding hydrogens is 264 g/mol. The van der Waals surface area contributed by atoms with Gasteiger partial charge >= 0.3 is 0 Å². The number of carbonyl (C=O) groups excluding carboxylic acids is 1. The summed E-state index contributed by atoms with van der Waals surface area (Å²) >= 11 is 0. The first-order chi connectivity index (χ1) is 10.2. The van der Waals surface area contributed by atoms with E-state index in [1.165, 1.54) is 19.3 Å². The molecule has 112 valence electrons. The second-order valence-corrected chi connectivity index (χ2v) is 7.22. The number of pyridine rings is 1. The lowest BCUT2D eigenvalue weighted by Gasteiger charge is -2.56. The second kappa shape index (κ2) is 4.70. The molecule has 0 atom stereocenters. The van der Waals surface area contributed by atoms with Crippen molar-refractivity contribution in [1.29, 1.82) is 0 Å². The molecule has 0 saturated heterocycles. The molecule has 4 aliphatic carbocycles. The number of carbonyl (C=O) groups is 1. The van der Waals surface area contributed by atoms with Crippen molar-refractivity contribution >= 4 is 11.6 Å². The monoisotopic (exact) mass is 286 g/mol. The maximum Gasteiger partial charge on any atom is 0.255 e. The summed E-state index contributed by atoms with van der Waals surface area (Å²) in [5.41, 5.74) is 3.77. The van der Waals surface area contributed by atoms with Gasteiger partial charge in [0.2, 0.25) is 0 Å². The van der Waals surface area contributed by atoms with Crippen molar-refractivity contribution < 1.29 is 4.79 Å². The normalized spacial score (nSPS) is 36.5. The van der Waals surface area contributed by atoms with Gasteiger partial charge in [0.1, 0.15) is 0 Å². The third-order valence-corrected chi connectivity index (χ3v) is 5.64. The molecule has 4 saturated carbocycles. The highest BCUT2D eigenvalue weighted by atomic mass is 16.1. The van der Waals surface area contributed by atoms with Gasteiger partial charge in [-0.3, -0.25) is 15.6 Å². The predicted molar refractivity (Wildman–Crippen MR) is 80.4 cm³/mol. The second-order valence-electron chi connectivity index (χ2n) is 7.22. The summed E-state index contributed by atoms with van der Waals surface area (Å²) in [6.07, 6.45) is 10.8. The third-order valence-electron chi connectivity index (χ3n) is 5.64. The number of nitrogens with one attached hydrogen (secondary N) is 2. The average molecular weight is 286 g/mol. The number of anilines is 1. The maximum absolute atomic E-state index is 12.7. The van der Waals surface area contributed by atoms with Crippen molar-refractivity contribution in [1.82, 2.24) is 10.3 Å². The fraction of sp³-hybridized carbons (Fsp3) is 0.625. The number of nitrogen functional groups attached to an aromatic ring is 1. The van der Waals surface area contributed by atoms with Gasteiger partial charge in [-0.2, -0.15) is 0 Å². The fourth-order valence-corrected chi connectivity index (χ4v) is 5.27. The van der Waals surface area contributed by atoms with Crippen LogP contribution in [0.4, 0.5) is 5.69 Å². The predicted octanol–water partition coefficient (Wildman–Crippen LogP) is 2.07. The molecule has 21 heavy (non-hydrogen) atoms. The lowest BCUT2D eigenvalue weighted by atomic mass is 9.53. The van der Waals surface area contributed by atoms with Crippen LogP contribution in [0.15, 0.2) is 18.5 Å². The molecule has 4 N–H and O–H groups in total. The van der Waals surface area contributed by atoms with E-state index in [-0.39, 0.29) is 11.4 Å². The highest BCUT2D eigenvalue weighted by Gasteiger charge is 2.51. The van der Waals surface area contributed by atoms with Crippen LogP contribution in [0.2, 0.25) is 0 Å². The number of hydrogen-bond donors (Lipinski definition) is 3. The molecule has 1 aromatic heterocycles. The lowest BCUT2D eigenvalue weighted by Crippen LogP contribution is -2.59. The van der Waals surface area contributed by atoms with Crippen molar-refractivity contribution in [3.8, 4) is 0 Å². The van der Waals surface area contributed by atoms with Crippen molar-refractivity contribution in [3.63, 3.8) is 0 Å². The largest absolute Gasteiger partial charge is 0.346 e. The average Bonchev–Trinajstić information content (AvgIpc) is 2.45. The van der Waals surface area contributed by atoms with E-state index in [0.717, 1.165) is 37.0 Å². The van der Waals surface area contributed by atoms with Crippen LogP contribution >= 0.6 is 0 Å². The van der Waals surface area contributed by atoms with Crippen LogP contribution < -0.4 is 16.6 Å². The van der Waals surface area contributed by atoms with Gasteiger partial charge in [0, 0.05) is 17.9 Å². The zero-order valence-corrected chi connectivity index (χ0v) is 12.1. The molecule has 0 aliphatic heterocycles. The van der Waals surface area contributed by atoms with Crippen molar-refractivity contribution in [3.05, 3.63) is 24.0 Å². The summed E-state index contributed by atoms with van der Waals surface area (Å²) in [4.78, 5) is 16.7. The third kappa shape index (κ3) is 2.20. The van der Waals surface area contributed by atoms with Crippen molar-refractivity contribution in [2.75, 3.05) is 5.43 Å². The number of amides is 1. The number of aromatic nitrogens is 1. The molecule has 0 radical (unpaired) electrons. The summed E-state index contributed by atoms with van der Waals surface area (Å²) in [5, 5.41) is 3.34. The first kappa shape index (κ1) is 13.1. The van der Waals surface area contributed by atoms with Gasteiger partial charge in [-0.05, 0) is 62.3 Å². The minimum absolute atomic E-state index is 0.0214. The molecule has 1 heterocycles. The van der Waals surface area contributed by atoms with Crippen LogP contribution in [0.25, 0.3) is 0 Å². The molecule has 4 aliphatic rings. The molecule has 5 heteroatoms. The fourth-order valence-electron chi connectivity index (χ4n) is 5.27. The van der Waals surface area contributed by atoms with Crippen LogP contribution in [0.3, 0.4) is 0 Å². The Morgan fingerprint density at radius 3 is 2.38 bits per heavy atom. The van der Waals surface area contributed by atoms with Crippen molar-refractivity contribution in [2.24, 2.45) is 23.6 Å².